The Morgan fingerprint density at radius 2 is 1.75 bits per heavy atom. The molecule has 2 aromatic carbocycles. The van der Waals surface area contributed by atoms with Crippen molar-refractivity contribution in [3.05, 3.63) is 60.2 Å². The van der Waals surface area contributed by atoms with E-state index in [0.717, 1.165) is 5.56 Å². The van der Waals surface area contributed by atoms with Gasteiger partial charge in [0.05, 0.1) is 17.6 Å². The fourth-order valence-corrected chi connectivity index (χ4v) is 5.72. The van der Waals surface area contributed by atoms with Gasteiger partial charge in [0.15, 0.2) is 0 Å². The van der Waals surface area contributed by atoms with Crippen LogP contribution in [-0.4, -0.2) is 38.1 Å². The number of methoxy groups -OCH3 is 1. The summed E-state index contributed by atoms with van der Waals surface area (Å²) in [5.41, 5.74) is 0.622. The molecule has 1 saturated heterocycles. The van der Waals surface area contributed by atoms with Crippen LogP contribution in [0.1, 0.15) is 45.2 Å². The van der Waals surface area contributed by atoms with Crippen molar-refractivity contribution < 1.29 is 17.9 Å². The zero-order valence-corrected chi connectivity index (χ0v) is 17.8. The van der Waals surface area contributed by atoms with E-state index in [1.165, 1.54) is 0 Å². The van der Waals surface area contributed by atoms with Gasteiger partial charge in [-0.05, 0) is 63.4 Å². The maximum absolute atomic E-state index is 13.7. The molecule has 1 aliphatic heterocycles. The largest absolute Gasteiger partial charge is 0.497 e. The Labute approximate surface area is 168 Å². The van der Waals surface area contributed by atoms with E-state index in [2.05, 4.69) is 0 Å². The topological polar surface area (TPSA) is 55.8 Å². The first-order chi connectivity index (χ1) is 13.2. The van der Waals surface area contributed by atoms with Crippen molar-refractivity contribution in [2.75, 3.05) is 13.7 Å². The zero-order chi connectivity index (χ0) is 20.4. The van der Waals surface area contributed by atoms with Crippen molar-refractivity contribution in [3.63, 3.8) is 0 Å². The lowest BCUT2D eigenvalue weighted by atomic mass is 9.93. The van der Waals surface area contributed by atoms with Gasteiger partial charge in [-0.25, -0.2) is 8.42 Å². The van der Waals surface area contributed by atoms with E-state index >= 15 is 0 Å². The number of nitrogens with zero attached hydrogens (tertiary/aromatic N) is 1. The Hall–Kier alpha value is -1.89. The average molecular weight is 404 g/mol. The number of ether oxygens (including phenoxy) is 2. The summed E-state index contributed by atoms with van der Waals surface area (Å²) in [5, 5.41) is 0. The van der Waals surface area contributed by atoms with Crippen LogP contribution in [0.5, 0.6) is 5.75 Å². The molecule has 0 aliphatic carbocycles. The maximum Gasteiger partial charge on any atom is 0.243 e. The Bertz CT molecular complexity index is 879. The normalized spacial score (nSPS) is 20.7. The average Bonchev–Trinajstić information content (AvgIpc) is 2.68. The minimum absolute atomic E-state index is 0.133. The highest BCUT2D eigenvalue weighted by Crippen LogP contribution is 2.37. The first kappa shape index (κ1) is 20.8. The van der Waals surface area contributed by atoms with Gasteiger partial charge in [-0.15, -0.1) is 0 Å². The van der Waals surface area contributed by atoms with E-state index in [-0.39, 0.29) is 22.6 Å². The van der Waals surface area contributed by atoms with Gasteiger partial charge in [0.25, 0.3) is 0 Å². The predicted octanol–water partition coefficient (Wildman–Crippen LogP) is 4.40. The number of benzene rings is 2. The Kier molecular flexibility index (Phi) is 6.12. The summed E-state index contributed by atoms with van der Waals surface area (Å²) in [4.78, 5) is 0.278. The molecule has 1 fully saturated rings. The first-order valence-corrected chi connectivity index (χ1v) is 11.0. The van der Waals surface area contributed by atoms with Crippen LogP contribution in [-0.2, 0) is 14.8 Å². The van der Waals surface area contributed by atoms with Crippen LogP contribution in [0.15, 0.2) is 59.5 Å². The third kappa shape index (κ3) is 4.40. The van der Waals surface area contributed by atoms with Crippen molar-refractivity contribution in [1.29, 1.82) is 0 Å². The van der Waals surface area contributed by atoms with E-state index < -0.39 is 10.0 Å². The van der Waals surface area contributed by atoms with Crippen LogP contribution in [0, 0.1) is 0 Å². The third-order valence-electron chi connectivity index (χ3n) is 5.33. The van der Waals surface area contributed by atoms with E-state index in [9.17, 15) is 8.42 Å². The number of hydrogen-bond donors (Lipinski definition) is 0. The summed E-state index contributed by atoms with van der Waals surface area (Å²) in [6.45, 7) is 6.54. The lowest BCUT2D eigenvalue weighted by molar-refractivity contribution is -0.0758. The fourth-order valence-electron chi connectivity index (χ4n) is 3.89. The zero-order valence-electron chi connectivity index (χ0n) is 17.0. The summed E-state index contributed by atoms with van der Waals surface area (Å²) < 4.78 is 40.1. The molecule has 0 N–H and O–H groups in total. The first-order valence-electron chi connectivity index (χ1n) is 9.61. The van der Waals surface area contributed by atoms with Crippen LogP contribution in [0.4, 0.5) is 0 Å². The SMILES string of the molecule is COc1ccc(S(=O)(=O)N(C2CCOC(C)(C)C2)C(C)c2ccccc2)cc1. The summed E-state index contributed by atoms with van der Waals surface area (Å²) in [6.07, 6.45) is 1.33. The molecule has 0 aromatic heterocycles. The second kappa shape index (κ2) is 8.23. The molecule has 0 spiro atoms. The molecule has 0 saturated carbocycles. The molecule has 0 bridgehead atoms. The Morgan fingerprint density at radius 3 is 2.32 bits per heavy atom. The van der Waals surface area contributed by atoms with Crippen LogP contribution in [0.25, 0.3) is 0 Å². The van der Waals surface area contributed by atoms with Crippen molar-refractivity contribution in [2.24, 2.45) is 0 Å². The number of rotatable bonds is 6. The summed E-state index contributed by atoms with van der Waals surface area (Å²) in [7, 11) is -2.13. The Morgan fingerprint density at radius 1 is 1.11 bits per heavy atom. The molecule has 0 amide bonds. The highest BCUT2D eigenvalue weighted by atomic mass is 32.2. The third-order valence-corrected chi connectivity index (χ3v) is 7.37. The summed E-state index contributed by atoms with van der Waals surface area (Å²) in [5.74, 6) is 0.633. The van der Waals surface area contributed by atoms with Crippen LogP contribution in [0.3, 0.4) is 0 Å². The van der Waals surface area contributed by atoms with E-state index in [1.807, 2.05) is 51.1 Å². The summed E-state index contributed by atoms with van der Waals surface area (Å²) >= 11 is 0. The highest BCUT2D eigenvalue weighted by Gasteiger charge is 2.41. The maximum atomic E-state index is 13.7. The molecule has 28 heavy (non-hydrogen) atoms. The van der Waals surface area contributed by atoms with Crippen molar-refractivity contribution >= 4 is 10.0 Å². The highest BCUT2D eigenvalue weighted by molar-refractivity contribution is 7.89. The molecule has 1 heterocycles. The van der Waals surface area contributed by atoms with Crippen molar-refractivity contribution in [2.45, 2.75) is 56.2 Å². The van der Waals surface area contributed by atoms with Gasteiger partial charge in [0.2, 0.25) is 10.0 Å². The van der Waals surface area contributed by atoms with E-state index in [0.29, 0.717) is 25.2 Å². The minimum Gasteiger partial charge on any atom is -0.497 e. The summed E-state index contributed by atoms with van der Waals surface area (Å²) in [6, 6.07) is 16.0. The molecule has 0 radical (unpaired) electrons. The Balaban J connectivity index is 2.04. The number of sulfonamides is 1. The smallest absolute Gasteiger partial charge is 0.243 e. The van der Waals surface area contributed by atoms with Crippen molar-refractivity contribution in [1.82, 2.24) is 4.31 Å². The monoisotopic (exact) mass is 403 g/mol. The molecule has 152 valence electrons. The molecule has 6 heteroatoms. The second-order valence-electron chi connectivity index (χ2n) is 7.85. The van der Waals surface area contributed by atoms with E-state index in [4.69, 9.17) is 9.47 Å². The van der Waals surface area contributed by atoms with Crippen LogP contribution in [0.2, 0.25) is 0 Å². The molecular formula is C22H29NO4S. The molecule has 1 aliphatic rings. The van der Waals surface area contributed by atoms with Crippen LogP contribution >= 0.6 is 0 Å². The lowest BCUT2D eigenvalue weighted by Gasteiger charge is -2.43. The van der Waals surface area contributed by atoms with Crippen LogP contribution < -0.4 is 4.74 Å². The van der Waals surface area contributed by atoms with Gasteiger partial charge in [-0.2, -0.15) is 4.31 Å². The second-order valence-corrected chi connectivity index (χ2v) is 9.70. The van der Waals surface area contributed by atoms with Gasteiger partial charge >= 0.3 is 0 Å². The quantitative estimate of drug-likeness (QED) is 0.717. The van der Waals surface area contributed by atoms with Crippen molar-refractivity contribution in [3.8, 4) is 5.75 Å². The molecule has 5 nitrogen and oxygen atoms in total. The number of hydrogen-bond acceptors (Lipinski definition) is 4. The molecule has 2 atom stereocenters. The van der Waals surface area contributed by atoms with E-state index in [1.54, 1.807) is 35.7 Å². The molecule has 2 aromatic rings. The molecule has 2 unspecified atom stereocenters. The van der Waals surface area contributed by atoms with Gasteiger partial charge in [0, 0.05) is 18.7 Å². The predicted molar refractivity (Wildman–Crippen MR) is 110 cm³/mol. The van der Waals surface area contributed by atoms with Gasteiger partial charge in [-0.3, -0.25) is 0 Å². The fraction of sp³-hybridized carbons (Fsp3) is 0.455. The molecule has 3 rings (SSSR count). The van der Waals surface area contributed by atoms with Gasteiger partial charge in [0.1, 0.15) is 5.75 Å². The van der Waals surface area contributed by atoms with Gasteiger partial charge in [-0.1, -0.05) is 30.3 Å². The van der Waals surface area contributed by atoms with Gasteiger partial charge < -0.3 is 9.47 Å². The standard InChI is InChI=1S/C22H29NO4S/c1-17(18-8-6-5-7-9-18)23(19-14-15-27-22(2,3)16-19)28(24,25)21-12-10-20(26-4)11-13-21/h5-13,17,19H,14-16H2,1-4H3. The molecular weight excluding hydrogens is 374 g/mol. The lowest BCUT2D eigenvalue weighted by Crippen LogP contribution is -2.49. The minimum atomic E-state index is -3.70.